The van der Waals surface area contributed by atoms with Crippen molar-refractivity contribution in [3.8, 4) is 0 Å². The van der Waals surface area contributed by atoms with Crippen molar-refractivity contribution in [1.82, 2.24) is 15.2 Å². The second-order valence-corrected chi connectivity index (χ2v) is 6.26. The summed E-state index contributed by atoms with van der Waals surface area (Å²) in [5.74, 6) is 2.24. The minimum absolute atomic E-state index is 0.428. The van der Waals surface area contributed by atoms with E-state index in [0.29, 0.717) is 17.8 Å². The van der Waals surface area contributed by atoms with Crippen molar-refractivity contribution in [3.05, 3.63) is 35.5 Å². The molecule has 22 heavy (non-hydrogen) atoms. The van der Waals surface area contributed by atoms with E-state index < -0.39 is 0 Å². The first-order valence-corrected chi connectivity index (χ1v) is 7.77. The third-order valence-electron chi connectivity index (χ3n) is 3.41. The van der Waals surface area contributed by atoms with Crippen LogP contribution in [0.15, 0.2) is 24.4 Å². The van der Waals surface area contributed by atoms with Gasteiger partial charge in [-0.25, -0.2) is 0 Å². The number of anilines is 3. The average Bonchev–Trinajstić information content (AvgIpc) is 2.47. The predicted octanol–water partition coefficient (Wildman–Crippen LogP) is 4.11. The van der Waals surface area contributed by atoms with Gasteiger partial charge in [0.15, 0.2) is 5.82 Å². The number of aryl methyl sites for hydroxylation is 1. The Hall–Kier alpha value is -2.17. The van der Waals surface area contributed by atoms with Gasteiger partial charge in [0.1, 0.15) is 0 Å². The largest absolute Gasteiger partial charge is 0.368 e. The Morgan fingerprint density at radius 1 is 1.14 bits per heavy atom. The van der Waals surface area contributed by atoms with Gasteiger partial charge in [0, 0.05) is 12.2 Å². The van der Waals surface area contributed by atoms with Gasteiger partial charge in [-0.2, -0.15) is 10.1 Å². The van der Waals surface area contributed by atoms with Crippen molar-refractivity contribution < 1.29 is 0 Å². The Morgan fingerprint density at radius 2 is 1.91 bits per heavy atom. The van der Waals surface area contributed by atoms with Crippen LogP contribution in [0.1, 0.15) is 44.7 Å². The van der Waals surface area contributed by atoms with Gasteiger partial charge in [-0.3, -0.25) is 0 Å². The first kappa shape index (κ1) is 16.2. The molecule has 1 aromatic carbocycles. The van der Waals surface area contributed by atoms with Crippen LogP contribution in [0, 0.1) is 12.8 Å². The van der Waals surface area contributed by atoms with E-state index in [1.807, 2.05) is 0 Å². The fourth-order valence-corrected chi connectivity index (χ4v) is 2.20. The van der Waals surface area contributed by atoms with Crippen molar-refractivity contribution in [1.29, 1.82) is 0 Å². The molecule has 0 saturated heterocycles. The molecule has 2 aromatic rings. The summed E-state index contributed by atoms with van der Waals surface area (Å²) in [5, 5.41) is 14.7. The smallest absolute Gasteiger partial charge is 0.249 e. The third-order valence-corrected chi connectivity index (χ3v) is 3.41. The molecule has 0 aliphatic rings. The fourth-order valence-electron chi connectivity index (χ4n) is 2.20. The summed E-state index contributed by atoms with van der Waals surface area (Å²) in [4.78, 5) is 4.49. The molecule has 0 unspecified atom stereocenters. The summed E-state index contributed by atoms with van der Waals surface area (Å²) < 4.78 is 0. The SMILES string of the molecule is Cc1cccc(C(C)C)c1Nc1nncc(NCC(C)C)n1. The molecule has 0 bridgehead atoms. The van der Waals surface area contributed by atoms with E-state index in [-0.39, 0.29) is 0 Å². The first-order chi connectivity index (χ1) is 10.5. The standard InChI is InChI=1S/C17H25N5/c1-11(2)9-18-15-10-19-22-17(20-15)21-16-13(5)7-6-8-14(16)12(3)4/h6-8,10-12H,9H2,1-5H3,(H2,18,20,21,22). The van der Waals surface area contributed by atoms with Gasteiger partial charge < -0.3 is 10.6 Å². The molecule has 0 aliphatic carbocycles. The van der Waals surface area contributed by atoms with E-state index in [9.17, 15) is 0 Å². The Morgan fingerprint density at radius 3 is 2.59 bits per heavy atom. The number of aromatic nitrogens is 3. The molecule has 1 heterocycles. The van der Waals surface area contributed by atoms with Crippen molar-refractivity contribution in [2.24, 2.45) is 5.92 Å². The summed E-state index contributed by atoms with van der Waals surface area (Å²) in [5.41, 5.74) is 3.50. The summed E-state index contributed by atoms with van der Waals surface area (Å²) in [7, 11) is 0. The number of nitrogens with one attached hydrogen (secondary N) is 2. The van der Waals surface area contributed by atoms with Crippen LogP contribution in [0.2, 0.25) is 0 Å². The zero-order valence-corrected chi connectivity index (χ0v) is 14.0. The molecule has 0 radical (unpaired) electrons. The Kier molecular flexibility index (Phi) is 5.31. The lowest BCUT2D eigenvalue weighted by molar-refractivity contribution is 0.686. The fraction of sp³-hybridized carbons (Fsp3) is 0.471. The molecular weight excluding hydrogens is 274 g/mol. The summed E-state index contributed by atoms with van der Waals surface area (Å²) in [6.07, 6.45) is 1.65. The number of benzene rings is 1. The molecule has 1 aromatic heterocycles. The van der Waals surface area contributed by atoms with Gasteiger partial charge in [-0.1, -0.05) is 45.9 Å². The normalized spacial score (nSPS) is 11.0. The number of hydrogen-bond donors (Lipinski definition) is 2. The molecule has 0 aliphatic heterocycles. The van der Waals surface area contributed by atoms with E-state index in [1.54, 1.807) is 6.20 Å². The Balaban J connectivity index is 2.22. The summed E-state index contributed by atoms with van der Waals surface area (Å²) in [6.45, 7) is 11.6. The van der Waals surface area contributed by atoms with E-state index >= 15 is 0 Å². The average molecular weight is 299 g/mol. The number of para-hydroxylation sites is 1. The summed E-state index contributed by atoms with van der Waals surface area (Å²) >= 11 is 0. The van der Waals surface area contributed by atoms with Gasteiger partial charge in [0.05, 0.1) is 6.20 Å². The van der Waals surface area contributed by atoms with Crippen LogP contribution in [0.3, 0.4) is 0 Å². The van der Waals surface area contributed by atoms with Gasteiger partial charge in [-0.15, -0.1) is 5.10 Å². The highest BCUT2D eigenvalue weighted by molar-refractivity contribution is 5.64. The van der Waals surface area contributed by atoms with Gasteiger partial charge in [0.2, 0.25) is 5.95 Å². The molecule has 5 nitrogen and oxygen atoms in total. The Labute approximate surface area is 132 Å². The van der Waals surface area contributed by atoms with Crippen molar-refractivity contribution >= 4 is 17.5 Å². The van der Waals surface area contributed by atoms with Crippen LogP contribution in [0.25, 0.3) is 0 Å². The maximum Gasteiger partial charge on any atom is 0.249 e. The molecule has 0 fully saturated rings. The van der Waals surface area contributed by atoms with Crippen molar-refractivity contribution in [2.75, 3.05) is 17.2 Å². The lowest BCUT2D eigenvalue weighted by Gasteiger charge is -2.16. The minimum atomic E-state index is 0.428. The second-order valence-electron chi connectivity index (χ2n) is 6.26. The highest BCUT2D eigenvalue weighted by Gasteiger charge is 2.11. The van der Waals surface area contributed by atoms with Crippen LogP contribution >= 0.6 is 0 Å². The number of rotatable bonds is 6. The van der Waals surface area contributed by atoms with Crippen LogP contribution in [-0.2, 0) is 0 Å². The number of nitrogens with zero attached hydrogens (tertiary/aromatic N) is 3. The first-order valence-electron chi connectivity index (χ1n) is 7.77. The van der Waals surface area contributed by atoms with Gasteiger partial charge in [-0.05, 0) is 29.9 Å². The number of hydrogen-bond acceptors (Lipinski definition) is 5. The molecular formula is C17H25N5. The van der Waals surface area contributed by atoms with E-state index in [0.717, 1.165) is 18.1 Å². The molecule has 5 heteroatoms. The van der Waals surface area contributed by atoms with E-state index in [2.05, 4.69) is 78.6 Å². The lowest BCUT2D eigenvalue weighted by atomic mass is 9.98. The monoisotopic (exact) mass is 299 g/mol. The molecule has 2 N–H and O–H groups in total. The molecule has 0 saturated carbocycles. The zero-order chi connectivity index (χ0) is 16.1. The van der Waals surface area contributed by atoms with Crippen molar-refractivity contribution in [2.45, 2.75) is 40.5 Å². The minimum Gasteiger partial charge on any atom is -0.368 e. The molecule has 0 amide bonds. The van der Waals surface area contributed by atoms with Crippen LogP contribution < -0.4 is 10.6 Å². The van der Waals surface area contributed by atoms with Crippen molar-refractivity contribution in [3.63, 3.8) is 0 Å². The molecule has 0 spiro atoms. The van der Waals surface area contributed by atoms with E-state index in [1.165, 1.54) is 11.1 Å². The molecule has 2 rings (SSSR count). The van der Waals surface area contributed by atoms with Crippen LogP contribution in [0.5, 0.6) is 0 Å². The topological polar surface area (TPSA) is 62.7 Å². The third kappa shape index (κ3) is 4.16. The molecule has 118 valence electrons. The lowest BCUT2D eigenvalue weighted by Crippen LogP contribution is -2.11. The summed E-state index contributed by atoms with van der Waals surface area (Å²) in [6, 6.07) is 6.30. The highest BCUT2D eigenvalue weighted by Crippen LogP contribution is 2.29. The quantitative estimate of drug-likeness (QED) is 0.840. The van der Waals surface area contributed by atoms with Gasteiger partial charge in [0.25, 0.3) is 0 Å². The Bertz CT molecular complexity index is 622. The zero-order valence-electron chi connectivity index (χ0n) is 14.0. The van der Waals surface area contributed by atoms with Crippen LogP contribution in [0.4, 0.5) is 17.5 Å². The predicted molar refractivity (Wildman–Crippen MR) is 91.7 cm³/mol. The highest BCUT2D eigenvalue weighted by atomic mass is 15.3. The maximum absolute atomic E-state index is 4.49. The second kappa shape index (κ2) is 7.20. The van der Waals surface area contributed by atoms with Crippen LogP contribution in [-0.4, -0.2) is 21.7 Å². The van der Waals surface area contributed by atoms with E-state index in [4.69, 9.17) is 0 Å². The molecule has 0 atom stereocenters. The maximum atomic E-state index is 4.49. The van der Waals surface area contributed by atoms with Gasteiger partial charge >= 0.3 is 0 Å².